The van der Waals surface area contributed by atoms with Crippen molar-refractivity contribution in [2.75, 3.05) is 0 Å². The fraction of sp³-hybridized carbons (Fsp3) is 0.0667. The zero-order valence-corrected chi connectivity index (χ0v) is 10.5. The van der Waals surface area contributed by atoms with Crippen LogP contribution in [0.3, 0.4) is 0 Å². The number of hydrogen-bond acceptors (Lipinski definition) is 2. The molecule has 0 unspecified atom stereocenters. The van der Waals surface area contributed by atoms with Gasteiger partial charge >= 0.3 is 0 Å². The zero-order valence-electron chi connectivity index (χ0n) is 10.5. The molecule has 0 aliphatic carbocycles. The first-order valence-electron chi connectivity index (χ1n) is 6.18. The molecule has 0 fully saturated rings. The highest BCUT2D eigenvalue weighted by atomic mass is 15.2. The number of fused-ring (bicyclic) bond motifs is 2. The Balaban J connectivity index is 1.92. The lowest BCUT2D eigenvalue weighted by atomic mass is 10.1. The van der Waals surface area contributed by atoms with Gasteiger partial charge in [0.25, 0.3) is 0 Å². The maximum atomic E-state index is 4.61. The van der Waals surface area contributed by atoms with E-state index >= 15 is 0 Å². The van der Waals surface area contributed by atoms with Crippen molar-refractivity contribution in [3.8, 4) is 11.4 Å². The third kappa shape index (κ3) is 1.61. The lowest BCUT2D eigenvalue weighted by Gasteiger charge is -1.95. The van der Waals surface area contributed by atoms with Gasteiger partial charge in [-0.3, -0.25) is 4.68 Å². The predicted octanol–water partition coefficient (Wildman–Crippen LogP) is 3.12. The molecular formula is C15H12N4. The van der Waals surface area contributed by atoms with Crippen LogP contribution < -0.4 is 0 Å². The molecule has 4 rings (SSSR count). The largest absolute Gasteiger partial charge is 0.338 e. The van der Waals surface area contributed by atoms with Crippen LogP contribution in [0, 0.1) is 0 Å². The molecule has 4 heteroatoms. The highest BCUT2D eigenvalue weighted by molar-refractivity contribution is 5.85. The molecule has 4 nitrogen and oxygen atoms in total. The van der Waals surface area contributed by atoms with Gasteiger partial charge in [-0.05, 0) is 18.2 Å². The summed E-state index contributed by atoms with van der Waals surface area (Å²) in [5.74, 6) is 0.883. The van der Waals surface area contributed by atoms with Crippen LogP contribution in [-0.4, -0.2) is 19.7 Å². The van der Waals surface area contributed by atoms with Gasteiger partial charge in [0.05, 0.1) is 16.6 Å². The molecule has 19 heavy (non-hydrogen) atoms. The summed E-state index contributed by atoms with van der Waals surface area (Å²) in [7, 11) is 1.93. The molecule has 0 bridgehead atoms. The Labute approximate surface area is 109 Å². The molecule has 2 aromatic carbocycles. The number of nitrogens with one attached hydrogen (secondary N) is 1. The number of aromatic nitrogens is 4. The van der Waals surface area contributed by atoms with Crippen molar-refractivity contribution in [1.82, 2.24) is 19.7 Å². The number of H-pyrrole nitrogens is 1. The molecule has 0 saturated heterocycles. The lowest BCUT2D eigenvalue weighted by Crippen LogP contribution is -1.85. The second-order valence-corrected chi connectivity index (χ2v) is 4.68. The van der Waals surface area contributed by atoms with E-state index in [4.69, 9.17) is 0 Å². The van der Waals surface area contributed by atoms with Crippen LogP contribution in [0.5, 0.6) is 0 Å². The average molecular weight is 248 g/mol. The van der Waals surface area contributed by atoms with Crippen LogP contribution in [-0.2, 0) is 7.05 Å². The highest BCUT2D eigenvalue weighted by Crippen LogP contribution is 2.23. The van der Waals surface area contributed by atoms with Crippen LogP contribution >= 0.6 is 0 Å². The van der Waals surface area contributed by atoms with Gasteiger partial charge in [-0.2, -0.15) is 5.10 Å². The maximum absolute atomic E-state index is 4.61. The van der Waals surface area contributed by atoms with Gasteiger partial charge in [-0.15, -0.1) is 0 Å². The molecule has 2 aromatic heterocycles. The summed E-state index contributed by atoms with van der Waals surface area (Å²) in [6.07, 6.45) is 2.01. The van der Waals surface area contributed by atoms with E-state index < -0.39 is 0 Å². The van der Waals surface area contributed by atoms with Crippen molar-refractivity contribution in [2.45, 2.75) is 0 Å². The van der Waals surface area contributed by atoms with Crippen LogP contribution in [0.25, 0.3) is 33.3 Å². The number of benzene rings is 2. The molecule has 2 heterocycles. The third-order valence-electron chi connectivity index (χ3n) is 3.28. The summed E-state index contributed by atoms with van der Waals surface area (Å²) in [6, 6.07) is 14.3. The van der Waals surface area contributed by atoms with Crippen molar-refractivity contribution >= 4 is 21.9 Å². The number of aromatic amines is 1. The Kier molecular flexibility index (Phi) is 2.00. The van der Waals surface area contributed by atoms with Crippen LogP contribution in [0.4, 0.5) is 0 Å². The molecule has 0 atom stereocenters. The van der Waals surface area contributed by atoms with E-state index in [1.54, 1.807) is 0 Å². The maximum Gasteiger partial charge on any atom is 0.138 e. The quantitative estimate of drug-likeness (QED) is 0.562. The molecule has 0 aliphatic rings. The van der Waals surface area contributed by atoms with Gasteiger partial charge in [0.2, 0.25) is 0 Å². The molecule has 92 valence electrons. The molecule has 0 aliphatic heterocycles. The van der Waals surface area contributed by atoms with E-state index in [-0.39, 0.29) is 0 Å². The molecule has 0 amide bonds. The van der Waals surface area contributed by atoms with Crippen molar-refractivity contribution in [3.63, 3.8) is 0 Å². The average Bonchev–Trinajstić information content (AvgIpc) is 2.99. The first kappa shape index (κ1) is 10.3. The number of aryl methyl sites for hydroxylation is 1. The first-order chi connectivity index (χ1) is 9.29. The summed E-state index contributed by atoms with van der Waals surface area (Å²) in [5.41, 5.74) is 4.08. The molecule has 0 radical (unpaired) electrons. The molecule has 0 spiro atoms. The third-order valence-corrected chi connectivity index (χ3v) is 3.28. The number of nitrogens with zero attached hydrogens (tertiary/aromatic N) is 3. The Morgan fingerprint density at radius 1 is 1.05 bits per heavy atom. The minimum Gasteiger partial charge on any atom is -0.338 e. The number of hydrogen-bond donors (Lipinski definition) is 1. The molecular weight excluding hydrogens is 236 g/mol. The van der Waals surface area contributed by atoms with Crippen LogP contribution in [0.1, 0.15) is 0 Å². The monoisotopic (exact) mass is 248 g/mol. The number of imidazole rings is 1. The summed E-state index contributed by atoms with van der Waals surface area (Å²) < 4.78 is 1.83. The Morgan fingerprint density at radius 2 is 1.95 bits per heavy atom. The van der Waals surface area contributed by atoms with E-state index in [0.29, 0.717) is 0 Å². The normalized spacial score (nSPS) is 11.4. The topological polar surface area (TPSA) is 46.5 Å². The fourth-order valence-electron chi connectivity index (χ4n) is 2.38. The van der Waals surface area contributed by atoms with Gasteiger partial charge in [-0.25, -0.2) is 4.98 Å². The van der Waals surface area contributed by atoms with Gasteiger partial charge in [0.1, 0.15) is 5.82 Å². The van der Waals surface area contributed by atoms with E-state index in [1.807, 2.05) is 42.2 Å². The SMILES string of the molecule is Cn1cc2ccc(-c3nc4ccccc4[nH]3)cc2n1. The zero-order chi connectivity index (χ0) is 12.8. The summed E-state index contributed by atoms with van der Waals surface area (Å²) >= 11 is 0. The molecule has 4 aromatic rings. The second-order valence-electron chi connectivity index (χ2n) is 4.68. The Hall–Kier alpha value is -2.62. The van der Waals surface area contributed by atoms with Gasteiger partial charge in [0, 0.05) is 24.2 Å². The van der Waals surface area contributed by atoms with Crippen LogP contribution in [0.2, 0.25) is 0 Å². The number of rotatable bonds is 1. The number of para-hydroxylation sites is 2. The first-order valence-corrected chi connectivity index (χ1v) is 6.18. The van der Waals surface area contributed by atoms with Gasteiger partial charge in [-0.1, -0.05) is 24.3 Å². The van der Waals surface area contributed by atoms with Gasteiger partial charge in [0.15, 0.2) is 0 Å². The van der Waals surface area contributed by atoms with Crippen molar-refractivity contribution in [1.29, 1.82) is 0 Å². The van der Waals surface area contributed by atoms with Gasteiger partial charge < -0.3 is 4.98 Å². The minimum atomic E-state index is 0.883. The minimum absolute atomic E-state index is 0.883. The standard InChI is InChI=1S/C15H12N4/c1-19-9-11-7-6-10(8-14(11)18-19)15-16-12-4-2-3-5-13(12)17-15/h2-9H,1H3,(H,16,17). The van der Waals surface area contributed by atoms with E-state index in [2.05, 4.69) is 33.3 Å². The van der Waals surface area contributed by atoms with E-state index in [0.717, 1.165) is 33.3 Å². The Bertz CT molecular complexity index is 852. The lowest BCUT2D eigenvalue weighted by molar-refractivity contribution is 0.780. The summed E-state index contributed by atoms with van der Waals surface area (Å²) in [4.78, 5) is 7.94. The predicted molar refractivity (Wildman–Crippen MR) is 75.8 cm³/mol. The second kappa shape index (κ2) is 3.68. The smallest absolute Gasteiger partial charge is 0.138 e. The Morgan fingerprint density at radius 3 is 2.84 bits per heavy atom. The van der Waals surface area contributed by atoms with Crippen molar-refractivity contribution in [2.24, 2.45) is 7.05 Å². The van der Waals surface area contributed by atoms with E-state index in [9.17, 15) is 0 Å². The molecule has 1 N–H and O–H groups in total. The molecule has 0 saturated carbocycles. The van der Waals surface area contributed by atoms with Crippen molar-refractivity contribution in [3.05, 3.63) is 48.7 Å². The fourth-order valence-corrected chi connectivity index (χ4v) is 2.38. The highest BCUT2D eigenvalue weighted by Gasteiger charge is 2.06. The van der Waals surface area contributed by atoms with E-state index in [1.165, 1.54) is 0 Å². The van der Waals surface area contributed by atoms with Crippen LogP contribution in [0.15, 0.2) is 48.7 Å². The summed E-state index contributed by atoms with van der Waals surface area (Å²) in [6.45, 7) is 0. The summed E-state index contributed by atoms with van der Waals surface area (Å²) in [5, 5.41) is 5.57. The van der Waals surface area contributed by atoms with Crippen molar-refractivity contribution < 1.29 is 0 Å².